The van der Waals surface area contributed by atoms with Crippen molar-refractivity contribution in [3.8, 4) is 11.5 Å². The van der Waals surface area contributed by atoms with Gasteiger partial charge in [0.1, 0.15) is 11.5 Å². The fourth-order valence-electron chi connectivity index (χ4n) is 3.36. The Kier molecular flexibility index (Phi) is 4.76. The third-order valence-corrected chi connectivity index (χ3v) is 4.62. The number of benzene rings is 1. The number of carboxylic acid groups (broad SMARTS) is 1. The van der Waals surface area contributed by atoms with Gasteiger partial charge in [-0.15, -0.1) is 0 Å². The van der Waals surface area contributed by atoms with Crippen LogP contribution in [0.2, 0.25) is 0 Å². The van der Waals surface area contributed by atoms with Crippen LogP contribution in [0.1, 0.15) is 50.2 Å². The highest BCUT2D eigenvalue weighted by molar-refractivity contribution is 5.83. The summed E-state index contributed by atoms with van der Waals surface area (Å²) in [6, 6.07) is 3.80. The Hall–Kier alpha value is -1.71. The second-order valence-electron chi connectivity index (χ2n) is 5.67. The Balaban J connectivity index is 2.61. The molecule has 0 bridgehead atoms. The highest BCUT2D eigenvalue weighted by Crippen LogP contribution is 2.45. The molecule has 0 spiro atoms. The molecule has 1 aliphatic carbocycles. The minimum atomic E-state index is -0.844. The van der Waals surface area contributed by atoms with Crippen LogP contribution in [0.5, 0.6) is 11.5 Å². The zero-order chi connectivity index (χ0) is 15.5. The van der Waals surface area contributed by atoms with Gasteiger partial charge in [-0.25, -0.2) is 0 Å². The zero-order valence-electron chi connectivity index (χ0n) is 13.1. The number of hydrogen-bond donors (Lipinski definition) is 1. The molecule has 1 aromatic carbocycles. The molecule has 21 heavy (non-hydrogen) atoms. The van der Waals surface area contributed by atoms with E-state index in [2.05, 4.69) is 0 Å². The summed E-state index contributed by atoms with van der Waals surface area (Å²) in [5.41, 5.74) is 0.948. The molecule has 0 atom stereocenters. The molecule has 0 aromatic heterocycles. The van der Waals surface area contributed by atoms with Crippen LogP contribution in [-0.2, 0) is 16.6 Å². The minimum Gasteiger partial charge on any atom is -0.496 e. The third kappa shape index (κ3) is 2.71. The van der Waals surface area contributed by atoms with Crippen LogP contribution in [0, 0.1) is 0 Å². The zero-order valence-corrected chi connectivity index (χ0v) is 13.1. The van der Waals surface area contributed by atoms with Gasteiger partial charge in [0.25, 0.3) is 0 Å². The van der Waals surface area contributed by atoms with E-state index in [0.29, 0.717) is 18.6 Å². The fraction of sp³-hybridized carbons (Fsp3) is 0.588. The van der Waals surface area contributed by atoms with Gasteiger partial charge >= 0.3 is 5.97 Å². The monoisotopic (exact) mass is 292 g/mol. The van der Waals surface area contributed by atoms with Crippen molar-refractivity contribution in [1.29, 1.82) is 0 Å². The molecule has 0 aliphatic heterocycles. The van der Waals surface area contributed by atoms with Crippen LogP contribution in [0.15, 0.2) is 12.1 Å². The van der Waals surface area contributed by atoms with E-state index in [4.69, 9.17) is 9.47 Å². The normalized spacial score (nSPS) is 17.3. The molecule has 0 unspecified atom stereocenters. The predicted octanol–water partition coefficient (Wildman–Crippen LogP) is 3.55. The van der Waals surface area contributed by atoms with E-state index in [0.717, 1.165) is 42.6 Å². The fourth-order valence-corrected chi connectivity index (χ4v) is 3.36. The van der Waals surface area contributed by atoms with Crippen molar-refractivity contribution < 1.29 is 19.4 Å². The molecular weight excluding hydrogens is 268 g/mol. The molecule has 2 rings (SSSR count). The molecule has 1 N–H and O–H groups in total. The molecule has 4 heteroatoms. The van der Waals surface area contributed by atoms with E-state index in [9.17, 15) is 9.90 Å². The maximum Gasteiger partial charge on any atom is 0.314 e. The van der Waals surface area contributed by atoms with Gasteiger partial charge in [-0.3, -0.25) is 4.79 Å². The van der Waals surface area contributed by atoms with Gasteiger partial charge in [-0.05, 0) is 37.0 Å². The lowest BCUT2D eigenvalue weighted by Crippen LogP contribution is -2.38. The SMILES string of the molecule is CCc1cc(OC)c(C2(C(=O)O)CCCCC2)cc1OC. The lowest BCUT2D eigenvalue weighted by atomic mass is 9.69. The first-order chi connectivity index (χ1) is 10.1. The van der Waals surface area contributed by atoms with Gasteiger partial charge in [-0.1, -0.05) is 26.2 Å². The minimum absolute atomic E-state index is 0.660. The number of carbonyl (C=O) groups is 1. The summed E-state index contributed by atoms with van der Waals surface area (Å²) in [7, 11) is 3.22. The maximum absolute atomic E-state index is 12.0. The second-order valence-corrected chi connectivity index (χ2v) is 5.67. The average molecular weight is 292 g/mol. The Morgan fingerprint density at radius 2 is 1.76 bits per heavy atom. The summed E-state index contributed by atoms with van der Waals surface area (Å²) < 4.78 is 10.9. The van der Waals surface area contributed by atoms with Crippen molar-refractivity contribution in [2.45, 2.75) is 50.9 Å². The summed E-state index contributed by atoms with van der Waals surface area (Å²) in [5.74, 6) is 0.656. The quantitative estimate of drug-likeness (QED) is 0.901. The van der Waals surface area contributed by atoms with Crippen LogP contribution in [-0.4, -0.2) is 25.3 Å². The number of aryl methyl sites for hydroxylation is 1. The van der Waals surface area contributed by atoms with Gasteiger partial charge < -0.3 is 14.6 Å². The lowest BCUT2D eigenvalue weighted by molar-refractivity contribution is -0.145. The molecule has 1 saturated carbocycles. The summed E-state index contributed by atoms with van der Waals surface area (Å²) in [5, 5.41) is 9.86. The largest absolute Gasteiger partial charge is 0.496 e. The number of rotatable bonds is 5. The van der Waals surface area contributed by atoms with Crippen LogP contribution < -0.4 is 9.47 Å². The van der Waals surface area contributed by atoms with Crippen LogP contribution >= 0.6 is 0 Å². The summed E-state index contributed by atoms with van der Waals surface area (Å²) >= 11 is 0. The van der Waals surface area contributed by atoms with E-state index in [1.165, 1.54) is 0 Å². The Morgan fingerprint density at radius 1 is 1.14 bits per heavy atom. The summed E-state index contributed by atoms with van der Waals surface area (Å²) in [4.78, 5) is 12.0. The maximum atomic E-state index is 12.0. The smallest absolute Gasteiger partial charge is 0.314 e. The van der Waals surface area contributed by atoms with Crippen molar-refractivity contribution in [1.82, 2.24) is 0 Å². The molecule has 0 saturated heterocycles. The van der Waals surface area contributed by atoms with E-state index in [1.807, 2.05) is 19.1 Å². The van der Waals surface area contributed by atoms with Crippen molar-refractivity contribution in [3.63, 3.8) is 0 Å². The number of ether oxygens (including phenoxy) is 2. The molecule has 1 aromatic rings. The van der Waals surface area contributed by atoms with Gasteiger partial charge in [0, 0.05) is 5.56 Å². The standard InChI is InChI=1S/C17H24O4/c1-4-12-10-15(21-3)13(11-14(12)20-2)17(16(18)19)8-6-5-7-9-17/h10-11H,4-9H2,1-3H3,(H,18,19). The van der Waals surface area contributed by atoms with Gasteiger partial charge in [0.2, 0.25) is 0 Å². The number of hydrogen-bond acceptors (Lipinski definition) is 3. The molecule has 4 nitrogen and oxygen atoms in total. The van der Waals surface area contributed by atoms with Crippen LogP contribution in [0.25, 0.3) is 0 Å². The molecule has 0 heterocycles. The molecule has 1 fully saturated rings. The van der Waals surface area contributed by atoms with E-state index >= 15 is 0 Å². The molecule has 1 aliphatic rings. The van der Waals surface area contributed by atoms with Crippen molar-refractivity contribution >= 4 is 5.97 Å². The van der Waals surface area contributed by atoms with Crippen molar-refractivity contribution in [3.05, 3.63) is 23.3 Å². The van der Waals surface area contributed by atoms with Crippen molar-refractivity contribution in [2.24, 2.45) is 0 Å². The lowest BCUT2D eigenvalue weighted by Gasteiger charge is -2.35. The predicted molar refractivity (Wildman–Crippen MR) is 81.3 cm³/mol. The first-order valence-electron chi connectivity index (χ1n) is 7.57. The molecular formula is C17H24O4. The molecule has 0 radical (unpaired) electrons. The molecule has 0 amide bonds. The second kappa shape index (κ2) is 6.37. The Labute approximate surface area is 126 Å². The van der Waals surface area contributed by atoms with Crippen LogP contribution in [0.3, 0.4) is 0 Å². The third-order valence-electron chi connectivity index (χ3n) is 4.62. The van der Waals surface area contributed by atoms with E-state index < -0.39 is 11.4 Å². The number of aliphatic carboxylic acids is 1. The van der Waals surface area contributed by atoms with E-state index in [1.54, 1.807) is 14.2 Å². The number of carboxylic acids is 1. The summed E-state index contributed by atoms with van der Waals surface area (Å²) in [6.07, 6.45) is 5.11. The summed E-state index contributed by atoms with van der Waals surface area (Å²) in [6.45, 7) is 2.05. The first kappa shape index (κ1) is 15.7. The van der Waals surface area contributed by atoms with Crippen molar-refractivity contribution in [2.75, 3.05) is 14.2 Å². The Morgan fingerprint density at radius 3 is 2.24 bits per heavy atom. The first-order valence-corrected chi connectivity index (χ1v) is 7.57. The van der Waals surface area contributed by atoms with Crippen LogP contribution in [0.4, 0.5) is 0 Å². The van der Waals surface area contributed by atoms with Gasteiger partial charge in [-0.2, -0.15) is 0 Å². The van der Waals surface area contributed by atoms with E-state index in [-0.39, 0.29) is 0 Å². The average Bonchev–Trinajstić information content (AvgIpc) is 2.53. The molecule has 116 valence electrons. The van der Waals surface area contributed by atoms with Gasteiger partial charge in [0.05, 0.1) is 19.6 Å². The Bertz CT molecular complexity index is 516. The topological polar surface area (TPSA) is 55.8 Å². The van der Waals surface area contributed by atoms with Gasteiger partial charge in [0.15, 0.2) is 0 Å². The highest BCUT2D eigenvalue weighted by Gasteiger charge is 2.43. The highest BCUT2D eigenvalue weighted by atomic mass is 16.5. The number of methoxy groups -OCH3 is 2.